The van der Waals surface area contributed by atoms with Gasteiger partial charge in [0.15, 0.2) is 5.82 Å². The Morgan fingerprint density at radius 1 is 0.913 bits per heavy atom. The molecule has 1 heterocycles. The van der Waals surface area contributed by atoms with Crippen LogP contribution in [0.5, 0.6) is 0 Å². The molecule has 2 N–H and O–H groups in total. The zero-order chi connectivity index (χ0) is 33.9. The van der Waals surface area contributed by atoms with Crippen LogP contribution >= 0.6 is 0 Å². The number of rotatable bonds is 9. The molecular weight excluding hydrogens is 576 g/mol. The first-order chi connectivity index (χ1) is 21.6. The minimum absolute atomic E-state index is 0.000216. The summed E-state index contributed by atoms with van der Waals surface area (Å²) in [4.78, 5) is 47.6. The van der Waals surface area contributed by atoms with Gasteiger partial charge in [-0.15, -0.1) is 0 Å². The topological polar surface area (TPSA) is 99.6 Å². The normalized spacial score (nSPS) is 12.3. The van der Waals surface area contributed by atoms with E-state index in [1.807, 2.05) is 85.6 Å². The molecule has 9 heteroatoms. The standard InChI is InChI=1S/C37H46N6O3/c1-23(2)43(10)32(35(45)41(7)8)25-16-20-28(21-17-25)38-33-36(46)42(9)22-31(39-33)29-12-11-13-30(24(29)3)40-34(44)26-14-18-27(19-15-26)37(4,5)6/h11-23,32H,1-10H3,(H,38,39)(H,40,44). The number of benzene rings is 3. The average Bonchev–Trinajstić information content (AvgIpc) is 3.00. The van der Waals surface area contributed by atoms with Crippen molar-refractivity contribution < 1.29 is 9.59 Å². The second-order valence-corrected chi connectivity index (χ2v) is 13.3. The third-order valence-corrected chi connectivity index (χ3v) is 8.33. The third kappa shape index (κ3) is 7.54. The number of amides is 2. The van der Waals surface area contributed by atoms with E-state index >= 15 is 0 Å². The predicted molar refractivity (Wildman–Crippen MR) is 187 cm³/mol. The van der Waals surface area contributed by atoms with Crippen LogP contribution in [0.4, 0.5) is 17.2 Å². The van der Waals surface area contributed by atoms with Gasteiger partial charge in [-0.05, 0) is 80.3 Å². The average molecular weight is 623 g/mol. The maximum Gasteiger partial charge on any atom is 0.293 e. The van der Waals surface area contributed by atoms with Crippen LogP contribution in [0.2, 0.25) is 0 Å². The number of nitrogens with one attached hydrogen (secondary N) is 2. The molecule has 2 amide bonds. The number of likely N-dealkylation sites (N-methyl/N-ethyl adjacent to an activating group) is 2. The van der Waals surface area contributed by atoms with E-state index in [1.54, 1.807) is 32.2 Å². The van der Waals surface area contributed by atoms with Crippen LogP contribution in [0.1, 0.15) is 67.7 Å². The SMILES string of the molecule is Cc1c(NC(=O)c2ccc(C(C)(C)C)cc2)cccc1-c1cn(C)c(=O)c(Nc2ccc(C(C(=O)N(C)C)N(C)C(C)C)cc2)n1. The van der Waals surface area contributed by atoms with E-state index in [0.717, 1.165) is 22.3 Å². The molecule has 0 spiro atoms. The second-order valence-electron chi connectivity index (χ2n) is 13.3. The van der Waals surface area contributed by atoms with Crippen molar-refractivity contribution in [3.63, 3.8) is 0 Å². The summed E-state index contributed by atoms with van der Waals surface area (Å²) in [5, 5.41) is 6.21. The highest BCUT2D eigenvalue weighted by Crippen LogP contribution is 2.30. The minimum atomic E-state index is -0.433. The number of anilines is 3. The molecule has 0 aliphatic carbocycles. The molecule has 46 heavy (non-hydrogen) atoms. The van der Waals surface area contributed by atoms with Crippen LogP contribution in [0.3, 0.4) is 0 Å². The van der Waals surface area contributed by atoms with Crippen molar-refractivity contribution in [1.82, 2.24) is 19.4 Å². The molecule has 0 saturated carbocycles. The van der Waals surface area contributed by atoms with Gasteiger partial charge >= 0.3 is 0 Å². The van der Waals surface area contributed by atoms with E-state index in [-0.39, 0.29) is 34.6 Å². The van der Waals surface area contributed by atoms with Crippen molar-refractivity contribution in [2.45, 2.75) is 59.0 Å². The number of hydrogen-bond acceptors (Lipinski definition) is 6. The summed E-state index contributed by atoms with van der Waals surface area (Å²) in [5.74, 6) is -0.0397. The van der Waals surface area contributed by atoms with Crippen molar-refractivity contribution in [3.05, 3.63) is 106 Å². The molecule has 242 valence electrons. The molecule has 0 radical (unpaired) electrons. The van der Waals surface area contributed by atoms with Gasteiger partial charge in [-0.25, -0.2) is 4.98 Å². The molecule has 1 atom stereocenters. The Morgan fingerprint density at radius 2 is 1.54 bits per heavy atom. The number of nitrogens with zero attached hydrogens (tertiary/aromatic N) is 4. The third-order valence-electron chi connectivity index (χ3n) is 8.33. The molecule has 4 rings (SSSR count). The van der Waals surface area contributed by atoms with E-state index in [9.17, 15) is 14.4 Å². The lowest BCUT2D eigenvalue weighted by Gasteiger charge is -2.32. The van der Waals surface area contributed by atoms with E-state index in [1.165, 1.54) is 4.57 Å². The quantitative estimate of drug-likeness (QED) is 0.221. The minimum Gasteiger partial charge on any atom is -0.347 e. The summed E-state index contributed by atoms with van der Waals surface area (Å²) >= 11 is 0. The van der Waals surface area contributed by atoms with Crippen molar-refractivity contribution in [3.8, 4) is 11.3 Å². The van der Waals surface area contributed by atoms with Gasteiger partial charge in [-0.3, -0.25) is 19.3 Å². The first-order valence-electron chi connectivity index (χ1n) is 15.5. The monoisotopic (exact) mass is 622 g/mol. The number of aromatic nitrogens is 2. The smallest absolute Gasteiger partial charge is 0.293 e. The highest BCUT2D eigenvalue weighted by atomic mass is 16.2. The molecule has 3 aromatic carbocycles. The van der Waals surface area contributed by atoms with Crippen LogP contribution in [0.25, 0.3) is 11.3 Å². The fraction of sp³-hybridized carbons (Fsp3) is 0.351. The van der Waals surface area contributed by atoms with Crippen molar-refractivity contribution in [2.75, 3.05) is 31.8 Å². The first kappa shape index (κ1) is 34.1. The fourth-order valence-corrected chi connectivity index (χ4v) is 5.16. The molecule has 1 unspecified atom stereocenters. The highest BCUT2D eigenvalue weighted by Gasteiger charge is 2.28. The fourth-order valence-electron chi connectivity index (χ4n) is 5.16. The molecule has 0 bridgehead atoms. The van der Waals surface area contributed by atoms with Crippen LogP contribution in [-0.4, -0.2) is 58.4 Å². The van der Waals surface area contributed by atoms with Gasteiger partial charge in [0, 0.05) is 55.9 Å². The number of hydrogen-bond donors (Lipinski definition) is 2. The molecule has 4 aromatic rings. The van der Waals surface area contributed by atoms with Gasteiger partial charge in [0.25, 0.3) is 11.5 Å². The summed E-state index contributed by atoms with van der Waals surface area (Å²) in [5.41, 5.74) is 5.84. The summed E-state index contributed by atoms with van der Waals surface area (Å²) in [6.07, 6.45) is 1.69. The lowest BCUT2D eigenvalue weighted by atomic mass is 9.86. The lowest BCUT2D eigenvalue weighted by molar-refractivity contribution is -0.134. The van der Waals surface area contributed by atoms with Gasteiger partial charge < -0.3 is 20.1 Å². The largest absolute Gasteiger partial charge is 0.347 e. The molecule has 9 nitrogen and oxygen atoms in total. The molecule has 0 aliphatic rings. The lowest BCUT2D eigenvalue weighted by Crippen LogP contribution is -2.41. The molecular formula is C37H46N6O3. The van der Waals surface area contributed by atoms with Crippen LogP contribution in [-0.2, 0) is 17.3 Å². The van der Waals surface area contributed by atoms with Crippen molar-refractivity contribution in [2.24, 2.45) is 7.05 Å². The summed E-state index contributed by atoms with van der Waals surface area (Å²) in [6, 6.07) is 20.5. The van der Waals surface area contributed by atoms with E-state index in [4.69, 9.17) is 4.98 Å². The Balaban J connectivity index is 1.60. The zero-order valence-corrected chi connectivity index (χ0v) is 28.6. The number of aryl methyl sites for hydroxylation is 1. The molecule has 0 aliphatic heterocycles. The summed E-state index contributed by atoms with van der Waals surface area (Å²) < 4.78 is 1.49. The van der Waals surface area contributed by atoms with Crippen LogP contribution in [0.15, 0.2) is 77.7 Å². The number of carbonyl (C=O) groups is 2. The van der Waals surface area contributed by atoms with Gasteiger partial charge in [-0.1, -0.05) is 57.2 Å². The zero-order valence-electron chi connectivity index (χ0n) is 28.6. The Kier molecular flexibility index (Phi) is 10.2. The van der Waals surface area contributed by atoms with E-state index in [2.05, 4.69) is 45.3 Å². The van der Waals surface area contributed by atoms with E-state index < -0.39 is 6.04 Å². The Morgan fingerprint density at radius 3 is 2.11 bits per heavy atom. The van der Waals surface area contributed by atoms with Gasteiger partial charge in [0.1, 0.15) is 6.04 Å². The van der Waals surface area contributed by atoms with Gasteiger partial charge in [0.05, 0.1) is 5.69 Å². The molecule has 0 saturated heterocycles. The van der Waals surface area contributed by atoms with E-state index in [0.29, 0.717) is 22.6 Å². The maximum atomic E-state index is 13.1. The summed E-state index contributed by atoms with van der Waals surface area (Å²) in [6.45, 7) is 12.4. The second kappa shape index (κ2) is 13.7. The molecule has 1 aromatic heterocycles. The Bertz CT molecular complexity index is 1770. The van der Waals surface area contributed by atoms with Gasteiger partial charge in [0.2, 0.25) is 5.91 Å². The summed E-state index contributed by atoms with van der Waals surface area (Å²) in [7, 11) is 7.13. The van der Waals surface area contributed by atoms with Crippen molar-refractivity contribution >= 4 is 29.0 Å². The van der Waals surface area contributed by atoms with Crippen LogP contribution < -0.4 is 16.2 Å². The highest BCUT2D eigenvalue weighted by molar-refractivity contribution is 6.05. The molecule has 0 fully saturated rings. The number of carbonyl (C=O) groups excluding carboxylic acids is 2. The maximum absolute atomic E-state index is 13.1. The Hall–Kier alpha value is -4.76. The first-order valence-corrected chi connectivity index (χ1v) is 15.5. The Labute approximate surface area is 272 Å². The van der Waals surface area contributed by atoms with Crippen LogP contribution in [0, 0.1) is 6.92 Å². The predicted octanol–water partition coefficient (Wildman–Crippen LogP) is 6.52. The van der Waals surface area contributed by atoms with Crippen molar-refractivity contribution in [1.29, 1.82) is 0 Å². The van der Waals surface area contributed by atoms with Gasteiger partial charge in [-0.2, -0.15) is 0 Å².